The summed E-state index contributed by atoms with van der Waals surface area (Å²) in [4.78, 5) is 11.9. The van der Waals surface area contributed by atoms with E-state index in [9.17, 15) is 4.79 Å². The van der Waals surface area contributed by atoms with Gasteiger partial charge in [-0.3, -0.25) is 4.79 Å². The predicted octanol–water partition coefficient (Wildman–Crippen LogP) is 3.32. The standard InChI is InChI=1S/C16H25NO3/c1-11(2)6-9-16(18)17-12(3)14-10-13(19-4)7-8-15(14)20-5/h7-8,10-12H,6,9H2,1-5H3,(H,17,18). The van der Waals surface area contributed by atoms with Crippen LogP contribution in [-0.4, -0.2) is 20.1 Å². The number of carbonyl (C=O) groups excluding carboxylic acids is 1. The fourth-order valence-electron chi connectivity index (χ4n) is 1.99. The van der Waals surface area contributed by atoms with Crippen LogP contribution in [0.4, 0.5) is 0 Å². The molecular formula is C16H25NO3. The Morgan fingerprint density at radius 3 is 2.45 bits per heavy atom. The zero-order chi connectivity index (χ0) is 15.1. The van der Waals surface area contributed by atoms with Gasteiger partial charge in [-0.05, 0) is 37.5 Å². The van der Waals surface area contributed by atoms with Crippen molar-refractivity contribution in [3.8, 4) is 11.5 Å². The highest BCUT2D eigenvalue weighted by Gasteiger charge is 2.15. The van der Waals surface area contributed by atoms with Gasteiger partial charge in [0.1, 0.15) is 11.5 Å². The summed E-state index contributed by atoms with van der Waals surface area (Å²) in [6, 6.07) is 5.48. The monoisotopic (exact) mass is 279 g/mol. The fraction of sp³-hybridized carbons (Fsp3) is 0.562. The Bertz CT molecular complexity index is 443. The zero-order valence-corrected chi connectivity index (χ0v) is 13.0. The van der Waals surface area contributed by atoms with Crippen LogP contribution in [0.1, 0.15) is 45.2 Å². The normalized spacial score (nSPS) is 12.1. The number of nitrogens with one attached hydrogen (secondary N) is 1. The van der Waals surface area contributed by atoms with Crippen LogP contribution in [0, 0.1) is 5.92 Å². The third-order valence-corrected chi connectivity index (χ3v) is 3.23. The molecule has 1 amide bonds. The molecule has 112 valence electrons. The molecule has 1 aromatic rings. The molecule has 1 atom stereocenters. The summed E-state index contributed by atoms with van der Waals surface area (Å²) in [7, 11) is 3.25. The topological polar surface area (TPSA) is 47.6 Å². The Morgan fingerprint density at radius 2 is 1.90 bits per heavy atom. The highest BCUT2D eigenvalue weighted by molar-refractivity contribution is 5.76. The maximum Gasteiger partial charge on any atom is 0.220 e. The Hall–Kier alpha value is -1.71. The molecule has 4 nitrogen and oxygen atoms in total. The molecule has 0 aliphatic heterocycles. The van der Waals surface area contributed by atoms with Crippen LogP contribution >= 0.6 is 0 Å². The van der Waals surface area contributed by atoms with E-state index in [0.717, 1.165) is 23.5 Å². The van der Waals surface area contributed by atoms with Crippen LogP contribution in [0.2, 0.25) is 0 Å². The smallest absolute Gasteiger partial charge is 0.220 e. The first kappa shape index (κ1) is 16.3. The molecule has 0 aliphatic rings. The second-order valence-electron chi connectivity index (χ2n) is 5.33. The SMILES string of the molecule is COc1ccc(OC)c(C(C)NC(=O)CCC(C)C)c1. The molecule has 1 unspecified atom stereocenters. The summed E-state index contributed by atoms with van der Waals surface area (Å²) in [5, 5.41) is 3.00. The molecule has 1 N–H and O–H groups in total. The van der Waals surface area contributed by atoms with Crippen molar-refractivity contribution in [2.24, 2.45) is 5.92 Å². The maximum absolute atomic E-state index is 11.9. The lowest BCUT2D eigenvalue weighted by atomic mass is 10.0. The van der Waals surface area contributed by atoms with Gasteiger partial charge in [0.2, 0.25) is 5.91 Å². The van der Waals surface area contributed by atoms with Crippen LogP contribution in [0.25, 0.3) is 0 Å². The summed E-state index contributed by atoms with van der Waals surface area (Å²) in [5.74, 6) is 2.10. The van der Waals surface area contributed by atoms with E-state index in [-0.39, 0.29) is 11.9 Å². The van der Waals surface area contributed by atoms with Crippen molar-refractivity contribution in [3.05, 3.63) is 23.8 Å². The van der Waals surface area contributed by atoms with Crippen molar-refractivity contribution < 1.29 is 14.3 Å². The van der Waals surface area contributed by atoms with Gasteiger partial charge in [-0.25, -0.2) is 0 Å². The van der Waals surface area contributed by atoms with Crippen molar-refractivity contribution in [2.45, 2.75) is 39.7 Å². The van der Waals surface area contributed by atoms with Gasteiger partial charge in [0, 0.05) is 12.0 Å². The number of rotatable bonds is 7. The maximum atomic E-state index is 11.9. The first-order valence-corrected chi connectivity index (χ1v) is 6.99. The lowest BCUT2D eigenvalue weighted by molar-refractivity contribution is -0.122. The second kappa shape index (κ2) is 7.78. The van der Waals surface area contributed by atoms with Crippen LogP contribution in [0.5, 0.6) is 11.5 Å². The van der Waals surface area contributed by atoms with Gasteiger partial charge in [0.25, 0.3) is 0 Å². The van der Waals surface area contributed by atoms with Crippen LogP contribution in [0.15, 0.2) is 18.2 Å². The molecule has 0 aliphatic carbocycles. The molecule has 20 heavy (non-hydrogen) atoms. The Labute approximate surface area is 121 Å². The van der Waals surface area contributed by atoms with Gasteiger partial charge in [-0.1, -0.05) is 13.8 Å². The van der Waals surface area contributed by atoms with E-state index in [4.69, 9.17) is 9.47 Å². The first-order chi connectivity index (χ1) is 9.47. The number of hydrogen-bond acceptors (Lipinski definition) is 3. The Morgan fingerprint density at radius 1 is 1.20 bits per heavy atom. The molecule has 0 aromatic heterocycles. The first-order valence-electron chi connectivity index (χ1n) is 6.99. The highest BCUT2D eigenvalue weighted by atomic mass is 16.5. The molecule has 1 rings (SSSR count). The van der Waals surface area contributed by atoms with E-state index in [1.54, 1.807) is 14.2 Å². The minimum absolute atomic E-state index is 0.0658. The molecule has 1 aromatic carbocycles. The minimum Gasteiger partial charge on any atom is -0.497 e. The average Bonchev–Trinajstić information content (AvgIpc) is 2.44. The number of amides is 1. The van der Waals surface area contributed by atoms with Gasteiger partial charge in [-0.15, -0.1) is 0 Å². The Balaban J connectivity index is 2.75. The molecule has 0 radical (unpaired) electrons. The third kappa shape index (κ3) is 4.76. The summed E-state index contributed by atoms with van der Waals surface area (Å²) in [6.07, 6.45) is 1.45. The largest absolute Gasteiger partial charge is 0.497 e. The van der Waals surface area contributed by atoms with Gasteiger partial charge in [0.15, 0.2) is 0 Å². The van der Waals surface area contributed by atoms with Crippen molar-refractivity contribution in [1.29, 1.82) is 0 Å². The van der Waals surface area contributed by atoms with E-state index in [0.29, 0.717) is 12.3 Å². The lowest BCUT2D eigenvalue weighted by Gasteiger charge is -2.18. The molecule has 0 spiro atoms. The second-order valence-corrected chi connectivity index (χ2v) is 5.33. The van der Waals surface area contributed by atoms with Crippen molar-refractivity contribution in [3.63, 3.8) is 0 Å². The van der Waals surface area contributed by atoms with E-state index in [1.165, 1.54) is 0 Å². The van der Waals surface area contributed by atoms with Gasteiger partial charge >= 0.3 is 0 Å². The molecule has 0 bridgehead atoms. The summed E-state index contributed by atoms with van der Waals surface area (Å²) >= 11 is 0. The zero-order valence-electron chi connectivity index (χ0n) is 13.0. The molecule has 0 heterocycles. The summed E-state index contributed by atoms with van der Waals surface area (Å²) in [6.45, 7) is 6.17. The van der Waals surface area contributed by atoms with Crippen LogP contribution in [-0.2, 0) is 4.79 Å². The van der Waals surface area contributed by atoms with Crippen molar-refractivity contribution in [1.82, 2.24) is 5.32 Å². The van der Waals surface area contributed by atoms with Crippen LogP contribution < -0.4 is 14.8 Å². The van der Waals surface area contributed by atoms with Crippen molar-refractivity contribution in [2.75, 3.05) is 14.2 Å². The van der Waals surface area contributed by atoms with Crippen LogP contribution in [0.3, 0.4) is 0 Å². The molecule has 0 saturated heterocycles. The van der Waals surface area contributed by atoms with E-state index < -0.39 is 0 Å². The number of carbonyl (C=O) groups is 1. The molecular weight excluding hydrogens is 254 g/mol. The summed E-state index contributed by atoms with van der Waals surface area (Å²) < 4.78 is 10.6. The fourth-order valence-corrected chi connectivity index (χ4v) is 1.99. The highest BCUT2D eigenvalue weighted by Crippen LogP contribution is 2.29. The van der Waals surface area contributed by atoms with E-state index in [1.807, 2.05) is 25.1 Å². The van der Waals surface area contributed by atoms with E-state index in [2.05, 4.69) is 19.2 Å². The quantitative estimate of drug-likeness (QED) is 0.833. The summed E-state index contributed by atoms with van der Waals surface area (Å²) in [5.41, 5.74) is 0.921. The minimum atomic E-state index is -0.111. The lowest BCUT2D eigenvalue weighted by Crippen LogP contribution is -2.27. The van der Waals surface area contributed by atoms with E-state index >= 15 is 0 Å². The number of ether oxygens (including phenoxy) is 2. The predicted molar refractivity (Wildman–Crippen MR) is 80.2 cm³/mol. The Kier molecular flexibility index (Phi) is 6.36. The number of hydrogen-bond donors (Lipinski definition) is 1. The molecule has 0 fully saturated rings. The van der Waals surface area contributed by atoms with Crippen molar-refractivity contribution >= 4 is 5.91 Å². The van der Waals surface area contributed by atoms with Gasteiger partial charge in [0.05, 0.1) is 20.3 Å². The van der Waals surface area contributed by atoms with Gasteiger partial charge < -0.3 is 14.8 Å². The number of benzene rings is 1. The third-order valence-electron chi connectivity index (χ3n) is 3.23. The average molecular weight is 279 g/mol. The molecule has 0 saturated carbocycles. The molecule has 4 heteroatoms. The number of methoxy groups -OCH3 is 2. The van der Waals surface area contributed by atoms with Gasteiger partial charge in [-0.2, -0.15) is 0 Å².